The molecule has 3 heterocycles. The van der Waals surface area contributed by atoms with Crippen LogP contribution >= 0.6 is 0 Å². The van der Waals surface area contributed by atoms with E-state index in [-0.39, 0.29) is 11.3 Å². The molecule has 0 radical (unpaired) electrons. The van der Waals surface area contributed by atoms with Crippen molar-refractivity contribution in [2.45, 2.75) is 13.8 Å². The third kappa shape index (κ3) is 4.32. The van der Waals surface area contributed by atoms with Crippen LogP contribution in [-0.2, 0) is 7.05 Å². The Hall–Kier alpha value is -4.34. The van der Waals surface area contributed by atoms with Crippen molar-refractivity contribution in [3.8, 4) is 17.4 Å². The normalized spacial score (nSPS) is 10.7. The van der Waals surface area contributed by atoms with E-state index in [1.54, 1.807) is 36.7 Å². The zero-order valence-corrected chi connectivity index (χ0v) is 17.1. The van der Waals surface area contributed by atoms with Gasteiger partial charge in [0.25, 0.3) is 11.5 Å². The SMILES string of the molecule is Cc1ncn(-c2cc(Oc3ccc(NC(=O)c4ccc(=O)n(C)n4)cc3)ncn2)c1C. The number of ether oxygens (including phenoxy) is 1. The van der Waals surface area contributed by atoms with Gasteiger partial charge in [-0.1, -0.05) is 0 Å². The first-order valence-corrected chi connectivity index (χ1v) is 9.37. The van der Waals surface area contributed by atoms with Gasteiger partial charge in [-0.2, -0.15) is 5.10 Å². The predicted octanol–water partition coefficient (Wildman–Crippen LogP) is 2.42. The summed E-state index contributed by atoms with van der Waals surface area (Å²) >= 11 is 0. The van der Waals surface area contributed by atoms with Gasteiger partial charge in [0, 0.05) is 30.6 Å². The summed E-state index contributed by atoms with van der Waals surface area (Å²) < 4.78 is 8.78. The Bertz CT molecular complexity index is 1310. The number of hydrogen-bond acceptors (Lipinski definition) is 7. The van der Waals surface area contributed by atoms with Gasteiger partial charge in [-0.25, -0.2) is 19.6 Å². The third-order valence-electron chi connectivity index (χ3n) is 4.65. The molecule has 0 fully saturated rings. The quantitative estimate of drug-likeness (QED) is 0.530. The van der Waals surface area contributed by atoms with Crippen LogP contribution in [0.15, 0.2) is 59.9 Å². The average Bonchev–Trinajstić information content (AvgIpc) is 3.10. The number of rotatable bonds is 5. The lowest BCUT2D eigenvalue weighted by molar-refractivity contribution is 0.102. The van der Waals surface area contributed by atoms with Crippen molar-refractivity contribution in [1.29, 1.82) is 0 Å². The number of carbonyl (C=O) groups excluding carboxylic acids is 1. The molecule has 0 bridgehead atoms. The van der Waals surface area contributed by atoms with Crippen molar-refractivity contribution in [1.82, 2.24) is 29.3 Å². The van der Waals surface area contributed by atoms with Gasteiger partial charge in [0.2, 0.25) is 5.88 Å². The van der Waals surface area contributed by atoms with Gasteiger partial charge >= 0.3 is 0 Å². The summed E-state index contributed by atoms with van der Waals surface area (Å²) in [5, 5.41) is 6.66. The van der Waals surface area contributed by atoms with E-state index in [9.17, 15) is 9.59 Å². The Balaban J connectivity index is 1.46. The summed E-state index contributed by atoms with van der Waals surface area (Å²) in [5.74, 6) is 1.15. The number of amides is 1. The van der Waals surface area contributed by atoms with E-state index >= 15 is 0 Å². The summed E-state index contributed by atoms with van der Waals surface area (Å²) in [4.78, 5) is 36.4. The monoisotopic (exact) mass is 417 g/mol. The van der Waals surface area contributed by atoms with Gasteiger partial charge in [-0.05, 0) is 44.2 Å². The van der Waals surface area contributed by atoms with Gasteiger partial charge in [0.1, 0.15) is 29.9 Å². The molecule has 0 saturated carbocycles. The second kappa shape index (κ2) is 8.19. The van der Waals surface area contributed by atoms with Crippen LogP contribution in [0, 0.1) is 13.8 Å². The van der Waals surface area contributed by atoms with Crippen LogP contribution in [0.25, 0.3) is 5.82 Å². The molecule has 0 saturated heterocycles. The Kier molecular flexibility index (Phi) is 5.27. The highest BCUT2D eigenvalue weighted by molar-refractivity contribution is 6.02. The summed E-state index contributed by atoms with van der Waals surface area (Å²) in [6.45, 7) is 3.89. The van der Waals surface area contributed by atoms with E-state index in [4.69, 9.17) is 4.74 Å². The van der Waals surface area contributed by atoms with Crippen LogP contribution in [0.5, 0.6) is 11.6 Å². The van der Waals surface area contributed by atoms with Gasteiger partial charge in [0.05, 0.1) is 5.69 Å². The first-order valence-electron chi connectivity index (χ1n) is 9.37. The highest BCUT2D eigenvalue weighted by atomic mass is 16.5. The fourth-order valence-corrected chi connectivity index (χ4v) is 2.79. The number of aryl methyl sites for hydroxylation is 2. The molecule has 1 amide bonds. The van der Waals surface area contributed by atoms with Crippen LogP contribution in [0.3, 0.4) is 0 Å². The molecular formula is C21H19N7O3. The first kappa shape index (κ1) is 20.0. The molecule has 10 heteroatoms. The molecule has 10 nitrogen and oxygen atoms in total. The number of nitrogens with one attached hydrogen (secondary N) is 1. The van der Waals surface area contributed by atoms with Gasteiger partial charge in [-0.3, -0.25) is 14.2 Å². The molecule has 0 spiro atoms. The molecule has 1 aromatic carbocycles. The molecule has 3 aromatic heterocycles. The Labute approximate surface area is 177 Å². The van der Waals surface area contributed by atoms with E-state index < -0.39 is 5.91 Å². The lowest BCUT2D eigenvalue weighted by Crippen LogP contribution is -2.23. The minimum atomic E-state index is -0.421. The Morgan fingerprint density at radius 3 is 2.48 bits per heavy atom. The van der Waals surface area contributed by atoms with Crippen LogP contribution < -0.4 is 15.6 Å². The molecule has 0 aliphatic heterocycles. The Morgan fingerprint density at radius 1 is 1.03 bits per heavy atom. The number of nitrogens with zero attached hydrogens (tertiary/aromatic N) is 6. The van der Waals surface area contributed by atoms with Gasteiger partial charge < -0.3 is 10.1 Å². The molecule has 1 N–H and O–H groups in total. The van der Waals surface area contributed by atoms with Crippen LogP contribution in [0.1, 0.15) is 21.9 Å². The van der Waals surface area contributed by atoms with E-state index in [0.29, 0.717) is 23.1 Å². The van der Waals surface area contributed by atoms with E-state index in [1.807, 2.05) is 18.4 Å². The third-order valence-corrected chi connectivity index (χ3v) is 4.65. The minimum Gasteiger partial charge on any atom is -0.439 e. The molecule has 0 atom stereocenters. The van der Waals surface area contributed by atoms with Crippen molar-refractivity contribution in [2.75, 3.05) is 5.32 Å². The number of carbonyl (C=O) groups is 1. The van der Waals surface area contributed by atoms with E-state index in [0.717, 1.165) is 16.1 Å². The highest BCUT2D eigenvalue weighted by Gasteiger charge is 2.10. The molecule has 156 valence electrons. The fourth-order valence-electron chi connectivity index (χ4n) is 2.79. The molecule has 4 aromatic rings. The van der Waals surface area contributed by atoms with Crippen LogP contribution in [-0.4, -0.2) is 35.2 Å². The molecule has 31 heavy (non-hydrogen) atoms. The van der Waals surface area contributed by atoms with Crippen molar-refractivity contribution in [2.24, 2.45) is 7.05 Å². The summed E-state index contributed by atoms with van der Waals surface area (Å²) in [7, 11) is 1.49. The zero-order valence-electron chi connectivity index (χ0n) is 17.1. The second-order valence-corrected chi connectivity index (χ2v) is 6.76. The van der Waals surface area contributed by atoms with Crippen molar-refractivity contribution in [3.63, 3.8) is 0 Å². The number of benzene rings is 1. The topological polar surface area (TPSA) is 117 Å². The maximum atomic E-state index is 12.3. The van der Waals surface area contributed by atoms with Gasteiger partial charge in [-0.15, -0.1) is 0 Å². The number of anilines is 1. The lowest BCUT2D eigenvalue weighted by atomic mass is 10.3. The summed E-state index contributed by atoms with van der Waals surface area (Å²) in [6.07, 6.45) is 3.13. The minimum absolute atomic E-state index is 0.140. The molecule has 0 aliphatic carbocycles. The molecule has 0 unspecified atom stereocenters. The highest BCUT2D eigenvalue weighted by Crippen LogP contribution is 2.23. The lowest BCUT2D eigenvalue weighted by Gasteiger charge is -2.09. The number of aromatic nitrogens is 6. The standard InChI is InChI=1S/C21H19N7O3/c1-13-14(2)28(12-24-13)18-10-19(23-11-22-18)31-16-6-4-15(5-7-16)25-21(30)17-8-9-20(29)27(3)26-17/h4-12H,1-3H3,(H,25,30). The summed E-state index contributed by atoms with van der Waals surface area (Å²) in [5.41, 5.74) is 2.32. The summed E-state index contributed by atoms with van der Waals surface area (Å²) in [6, 6.07) is 11.2. The van der Waals surface area contributed by atoms with Crippen molar-refractivity contribution < 1.29 is 9.53 Å². The van der Waals surface area contributed by atoms with E-state index in [1.165, 1.54) is 25.5 Å². The number of hydrogen-bond donors (Lipinski definition) is 1. The molecule has 0 aliphatic rings. The Morgan fingerprint density at radius 2 is 1.81 bits per heavy atom. The first-order chi connectivity index (χ1) is 14.9. The smallest absolute Gasteiger partial charge is 0.276 e. The largest absolute Gasteiger partial charge is 0.439 e. The van der Waals surface area contributed by atoms with Crippen LogP contribution in [0.2, 0.25) is 0 Å². The molecule has 4 rings (SSSR count). The maximum Gasteiger partial charge on any atom is 0.276 e. The number of imidazole rings is 1. The maximum absolute atomic E-state index is 12.3. The van der Waals surface area contributed by atoms with Crippen molar-refractivity contribution >= 4 is 11.6 Å². The zero-order chi connectivity index (χ0) is 22.0. The van der Waals surface area contributed by atoms with E-state index in [2.05, 4.69) is 25.4 Å². The van der Waals surface area contributed by atoms with Crippen molar-refractivity contribution in [3.05, 3.63) is 82.6 Å². The fraction of sp³-hybridized carbons (Fsp3) is 0.143. The van der Waals surface area contributed by atoms with Crippen LogP contribution in [0.4, 0.5) is 5.69 Å². The molecular weight excluding hydrogens is 398 g/mol. The second-order valence-electron chi connectivity index (χ2n) is 6.76. The average molecular weight is 417 g/mol. The predicted molar refractivity (Wildman–Crippen MR) is 113 cm³/mol. The van der Waals surface area contributed by atoms with Gasteiger partial charge in [0.15, 0.2) is 0 Å².